The number of nitro groups is 1. The molecule has 0 bridgehead atoms. The van der Waals surface area contributed by atoms with Crippen molar-refractivity contribution in [1.29, 1.82) is 0 Å². The molecule has 21 heavy (non-hydrogen) atoms. The highest BCUT2D eigenvalue weighted by atomic mass is 35.5. The van der Waals surface area contributed by atoms with Crippen LogP contribution in [0.1, 0.15) is 0 Å². The van der Waals surface area contributed by atoms with Gasteiger partial charge in [0.15, 0.2) is 0 Å². The molecule has 1 aromatic carbocycles. The van der Waals surface area contributed by atoms with Gasteiger partial charge in [0, 0.05) is 18.3 Å². The third-order valence-corrected chi connectivity index (χ3v) is 4.44. The lowest BCUT2D eigenvalue weighted by molar-refractivity contribution is -0.384. The molecule has 1 aromatic heterocycles. The second-order valence-corrected chi connectivity index (χ2v) is 6.00. The fraction of sp³-hybridized carbons (Fsp3) is 0. The first-order valence-electron chi connectivity index (χ1n) is 5.25. The van der Waals surface area contributed by atoms with Gasteiger partial charge < -0.3 is 0 Å². The van der Waals surface area contributed by atoms with Crippen molar-refractivity contribution in [1.82, 2.24) is 8.96 Å². The first kappa shape index (κ1) is 14.9. The number of nitrogens with zero attached hydrogens (tertiary/aromatic N) is 2. The molecule has 11 heteroatoms. The average Bonchev–Trinajstić information content (AvgIpc) is 2.38. The molecule has 2 rings (SSSR count). The van der Waals surface area contributed by atoms with Crippen molar-refractivity contribution in [3.8, 4) is 0 Å². The molecule has 0 fully saturated rings. The zero-order chi connectivity index (χ0) is 15.8. The van der Waals surface area contributed by atoms with Gasteiger partial charge in [-0.15, -0.1) is 0 Å². The largest absolute Gasteiger partial charge is 0.342 e. The van der Waals surface area contributed by atoms with Gasteiger partial charge in [-0.2, -0.15) is 3.97 Å². The molecule has 0 aliphatic heterocycles. The number of benzene rings is 1. The summed E-state index contributed by atoms with van der Waals surface area (Å²) in [4.78, 5) is 33.6. The summed E-state index contributed by atoms with van der Waals surface area (Å²) in [6.45, 7) is 0. The summed E-state index contributed by atoms with van der Waals surface area (Å²) < 4.78 is 24.7. The van der Waals surface area contributed by atoms with Crippen LogP contribution in [0.15, 0.2) is 44.9 Å². The minimum absolute atomic E-state index is 0.243. The Morgan fingerprint density at radius 3 is 2.48 bits per heavy atom. The molecule has 0 aliphatic carbocycles. The molecule has 0 aliphatic rings. The van der Waals surface area contributed by atoms with Crippen LogP contribution in [0.3, 0.4) is 0 Å². The van der Waals surface area contributed by atoms with Crippen LogP contribution in [-0.2, 0) is 10.0 Å². The molecule has 1 heterocycles. The van der Waals surface area contributed by atoms with Gasteiger partial charge in [-0.1, -0.05) is 11.6 Å². The monoisotopic (exact) mass is 331 g/mol. The topological polar surface area (TPSA) is 132 Å². The van der Waals surface area contributed by atoms with E-state index in [1.54, 1.807) is 4.98 Å². The molecule has 2 aromatic rings. The Balaban J connectivity index is 2.70. The fourth-order valence-electron chi connectivity index (χ4n) is 1.50. The predicted octanol–water partition coefficient (Wildman–Crippen LogP) is 0.335. The van der Waals surface area contributed by atoms with Gasteiger partial charge in [0.25, 0.3) is 21.3 Å². The lowest BCUT2D eigenvalue weighted by atomic mass is 10.3. The Hall–Kier alpha value is -2.46. The highest BCUT2D eigenvalue weighted by Gasteiger charge is 2.23. The minimum atomic E-state index is -4.39. The fourth-order valence-corrected chi connectivity index (χ4v) is 2.90. The smallest absolute Gasteiger partial charge is 0.273 e. The van der Waals surface area contributed by atoms with Crippen LogP contribution < -0.4 is 11.2 Å². The first-order valence-corrected chi connectivity index (χ1v) is 7.07. The van der Waals surface area contributed by atoms with Crippen LogP contribution in [-0.4, -0.2) is 22.3 Å². The molecule has 0 saturated heterocycles. The van der Waals surface area contributed by atoms with Gasteiger partial charge in [0.2, 0.25) is 0 Å². The van der Waals surface area contributed by atoms with Gasteiger partial charge in [-0.25, -0.2) is 13.2 Å². The van der Waals surface area contributed by atoms with Crippen LogP contribution in [0.25, 0.3) is 0 Å². The van der Waals surface area contributed by atoms with E-state index < -0.39 is 36.8 Å². The Bertz CT molecular complexity index is 946. The van der Waals surface area contributed by atoms with Crippen LogP contribution in [0, 0.1) is 10.1 Å². The number of H-pyrrole nitrogens is 1. The number of hydrogen-bond donors (Lipinski definition) is 1. The third kappa shape index (κ3) is 2.71. The molecule has 0 saturated carbocycles. The van der Waals surface area contributed by atoms with Crippen molar-refractivity contribution in [2.45, 2.75) is 4.90 Å². The minimum Gasteiger partial charge on any atom is -0.273 e. The zero-order valence-corrected chi connectivity index (χ0v) is 11.6. The molecule has 9 nitrogen and oxygen atoms in total. The summed E-state index contributed by atoms with van der Waals surface area (Å²) in [6.07, 6.45) is 0.761. The molecule has 0 spiro atoms. The van der Waals surface area contributed by atoms with E-state index in [9.17, 15) is 28.1 Å². The highest BCUT2D eigenvalue weighted by molar-refractivity contribution is 7.90. The number of nitrogens with one attached hydrogen (secondary N) is 1. The van der Waals surface area contributed by atoms with Gasteiger partial charge in [0.1, 0.15) is 5.02 Å². The van der Waals surface area contributed by atoms with Gasteiger partial charge in [-0.3, -0.25) is 19.9 Å². The maximum atomic E-state index is 12.2. The predicted molar refractivity (Wildman–Crippen MR) is 72.0 cm³/mol. The molecular weight excluding hydrogens is 326 g/mol. The Labute approximate surface area is 121 Å². The standard InChI is InChI=1S/C10H6ClN3O6S/c11-7-2-1-6(5-8(7)14(17)18)21(19,20)13-4-3-9(15)12-10(13)16/h1-5H,(H,12,15,16). The van der Waals surface area contributed by atoms with Crippen molar-refractivity contribution >= 4 is 27.3 Å². The summed E-state index contributed by atoms with van der Waals surface area (Å²) >= 11 is 5.59. The summed E-state index contributed by atoms with van der Waals surface area (Å²) in [5, 5.41) is 10.5. The Kier molecular flexibility index (Phi) is 3.66. The molecule has 0 radical (unpaired) electrons. The number of hydrogen-bond acceptors (Lipinski definition) is 6. The average molecular weight is 332 g/mol. The first-order chi connectivity index (χ1) is 9.73. The number of aromatic amines is 1. The number of nitro benzene ring substituents is 1. The van der Waals surface area contributed by atoms with E-state index in [0.717, 1.165) is 30.5 Å². The second-order valence-electron chi connectivity index (χ2n) is 3.78. The summed E-state index contributed by atoms with van der Waals surface area (Å²) in [6, 6.07) is 3.62. The molecule has 0 unspecified atom stereocenters. The van der Waals surface area contributed by atoms with E-state index in [1.165, 1.54) is 0 Å². The van der Waals surface area contributed by atoms with Gasteiger partial charge in [-0.05, 0) is 12.1 Å². The van der Waals surface area contributed by atoms with E-state index in [0.29, 0.717) is 0 Å². The molecule has 110 valence electrons. The lowest BCUT2D eigenvalue weighted by Crippen LogP contribution is -2.33. The quantitative estimate of drug-likeness (QED) is 0.636. The maximum absolute atomic E-state index is 12.2. The van der Waals surface area contributed by atoms with Crippen molar-refractivity contribution in [3.63, 3.8) is 0 Å². The summed E-state index contributed by atoms with van der Waals surface area (Å²) in [5.74, 6) is 0. The maximum Gasteiger partial charge on any atom is 0.342 e. The number of rotatable bonds is 3. The van der Waals surface area contributed by atoms with Crippen molar-refractivity contribution < 1.29 is 13.3 Å². The van der Waals surface area contributed by atoms with E-state index in [2.05, 4.69) is 0 Å². The van der Waals surface area contributed by atoms with Crippen molar-refractivity contribution in [2.24, 2.45) is 0 Å². The molecular formula is C10H6ClN3O6S. The summed E-state index contributed by atoms with van der Waals surface area (Å²) in [7, 11) is -4.39. The lowest BCUT2D eigenvalue weighted by Gasteiger charge is -2.06. The van der Waals surface area contributed by atoms with Crippen molar-refractivity contribution in [3.05, 3.63) is 66.4 Å². The van der Waals surface area contributed by atoms with Crippen molar-refractivity contribution in [2.75, 3.05) is 0 Å². The summed E-state index contributed by atoms with van der Waals surface area (Å²) in [5.41, 5.74) is -2.57. The highest BCUT2D eigenvalue weighted by Crippen LogP contribution is 2.27. The molecule has 0 atom stereocenters. The zero-order valence-electron chi connectivity index (χ0n) is 10.0. The Morgan fingerprint density at radius 2 is 1.90 bits per heavy atom. The SMILES string of the molecule is O=c1ccn(S(=O)(=O)c2ccc(Cl)c([N+](=O)[O-])c2)c(=O)[nH]1. The number of halogens is 1. The van der Waals surface area contributed by atoms with E-state index in [1.807, 2.05) is 0 Å². The third-order valence-electron chi connectivity index (χ3n) is 2.46. The van der Waals surface area contributed by atoms with Gasteiger partial charge in [0.05, 0.1) is 9.82 Å². The van der Waals surface area contributed by atoms with E-state index >= 15 is 0 Å². The molecule has 0 amide bonds. The van der Waals surface area contributed by atoms with Gasteiger partial charge >= 0.3 is 5.69 Å². The molecule has 1 N–H and O–H groups in total. The second kappa shape index (κ2) is 5.14. The van der Waals surface area contributed by atoms with E-state index in [-0.39, 0.29) is 9.00 Å². The number of aromatic nitrogens is 2. The Morgan fingerprint density at radius 1 is 1.24 bits per heavy atom. The van der Waals surface area contributed by atoms with Crippen LogP contribution in [0.5, 0.6) is 0 Å². The van der Waals surface area contributed by atoms with Crippen LogP contribution in [0.4, 0.5) is 5.69 Å². The normalized spacial score (nSPS) is 11.3. The van der Waals surface area contributed by atoms with Crippen LogP contribution in [0.2, 0.25) is 5.02 Å². The van der Waals surface area contributed by atoms with Crippen LogP contribution >= 0.6 is 11.6 Å². The van der Waals surface area contributed by atoms with E-state index in [4.69, 9.17) is 11.6 Å².